The quantitative estimate of drug-likeness (QED) is 0.748. The summed E-state index contributed by atoms with van der Waals surface area (Å²) in [6, 6.07) is 9.17. The molecule has 0 aliphatic heterocycles. The molecule has 1 aromatic rings. The van der Waals surface area contributed by atoms with E-state index in [1.54, 1.807) is 7.11 Å². The second-order valence-electron chi connectivity index (χ2n) is 5.57. The summed E-state index contributed by atoms with van der Waals surface area (Å²) in [5, 5.41) is 3.47. The van der Waals surface area contributed by atoms with E-state index >= 15 is 0 Å². The van der Waals surface area contributed by atoms with Crippen molar-refractivity contribution in [2.45, 2.75) is 32.1 Å². The molecule has 0 amide bonds. The van der Waals surface area contributed by atoms with Crippen LogP contribution >= 0.6 is 0 Å². The maximum absolute atomic E-state index is 5.04. The first kappa shape index (κ1) is 13.6. The first-order valence-corrected chi connectivity index (χ1v) is 6.99. The Morgan fingerprint density at radius 2 is 2.06 bits per heavy atom. The minimum absolute atomic E-state index is 0.395. The van der Waals surface area contributed by atoms with Crippen LogP contribution in [0.5, 0.6) is 0 Å². The summed E-state index contributed by atoms with van der Waals surface area (Å²) >= 11 is 0. The molecular weight excluding hydrogens is 222 g/mol. The van der Waals surface area contributed by atoms with Gasteiger partial charge in [0.05, 0.1) is 6.61 Å². The van der Waals surface area contributed by atoms with Crippen LogP contribution in [0.2, 0.25) is 0 Å². The number of hydrogen-bond acceptors (Lipinski definition) is 2. The fourth-order valence-electron chi connectivity index (χ4n) is 2.68. The normalized spacial score (nSPS) is 26.3. The number of methoxy groups -OCH3 is 1. The standard InChI is InChI=1S/C16H25NO/c1-4-13-5-7-14(8-6-13)16(2)11-15(16)12-17-9-10-18-3/h5-8,15,17H,4,9-12H2,1-3H3. The zero-order valence-corrected chi connectivity index (χ0v) is 11.8. The third kappa shape index (κ3) is 2.93. The van der Waals surface area contributed by atoms with Gasteiger partial charge in [0.15, 0.2) is 0 Å². The molecule has 0 saturated heterocycles. The molecule has 0 aromatic heterocycles. The molecule has 2 atom stereocenters. The molecule has 100 valence electrons. The van der Waals surface area contributed by atoms with Gasteiger partial charge in [-0.25, -0.2) is 0 Å². The van der Waals surface area contributed by atoms with E-state index in [1.165, 1.54) is 17.5 Å². The topological polar surface area (TPSA) is 21.3 Å². The summed E-state index contributed by atoms with van der Waals surface area (Å²) in [5.74, 6) is 0.779. The predicted octanol–water partition coefficient (Wildman–Crippen LogP) is 2.76. The Labute approximate surface area is 111 Å². The Bertz CT molecular complexity index is 373. The summed E-state index contributed by atoms with van der Waals surface area (Å²) in [6.45, 7) is 7.45. The van der Waals surface area contributed by atoms with Crippen LogP contribution in [0.4, 0.5) is 0 Å². The lowest BCUT2D eigenvalue weighted by Gasteiger charge is -2.13. The lowest BCUT2D eigenvalue weighted by atomic mass is 9.94. The molecule has 0 radical (unpaired) electrons. The van der Waals surface area contributed by atoms with Crippen molar-refractivity contribution in [1.29, 1.82) is 0 Å². The minimum atomic E-state index is 0.395. The Kier molecular flexibility index (Phi) is 4.41. The van der Waals surface area contributed by atoms with E-state index in [0.717, 1.165) is 32.0 Å². The molecule has 0 heterocycles. The van der Waals surface area contributed by atoms with Gasteiger partial charge < -0.3 is 10.1 Å². The van der Waals surface area contributed by atoms with Crippen molar-refractivity contribution in [3.63, 3.8) is 0 Å². The molecular formula is C16H25NO. The van der Waals surface area contributed by atoms with Crippen molar-refractivity contribution in [1.82, 2.24) is 5.32 Å². The maximum atomic E-state index is 5.04. The summed E-state index contributed by atoms with van der Waals surface area (Å²) in [4.78, 5) is 0. The van der Waals surface area contributed by atoms with Gasteiger partial charge in [0.25, 0.3) is 0 Å². The second-order valence-corrected chi connectivity index (χ2v) is 5.57. The summed E-state index contributed by atoms with van der Waals surface area (Å²) < 4.78 is 5.04. The maximum Gasteiger partial charge on any atom is 0.0587 e. The predicted molar refractivity (Wildman–Crippen MR) is 76.0 cm³/mol. The van der Waals surface area contributed by atoms with Crippen LogP contribution in [-0.2, 0) is 16.6 Å². The third-order valence-electron chi connectivity index (χ3n) is 4.31. The molecule has 2 rings (SSSR count). The fourth-order valence-corrected chi connectivity index (χ4v) is 2.68. The number of rotatable bonds is 7. The van der Waals surface area contributed by atoms with Gasteiger partial charge in [-0.2, -0.15) is 0 Å². The number of nitrogens with one attached hydrogen (secondary N) is 1. The van der Waals surface area contributed by atoms with Gasteiger partial charge in [-0.3, -0.25) is 0 Å². The van der Waals surface area contributed by atoms with Crippen LogP contribution in [0.25, 0.3) is 0 Å². The minimum Gasteiger partial charge on any atom is -0.383 e. The van der Waals surface area contributed by atoms with Gasteiger partial charge in [-0.05, 0) is 41.8 Å². The Morgan fingerprint density at radius 1 is 1.33 bits per heavy atom. The molecule has 1 saturated carbocycles. The molecule has 1 aliphatic rings. The van der Waals surface area contributed by atoms with Crippen molar-refractivity contribution in [3.05, 3.63) is 35.4 Å². The summed E-state index contributed by atoms with van der Waals surface area (Å²) in [7, 11) is 1.75. The monoisotopic (exact) mass is 247 g/mol. The van der Waals surface area contributed by atoms with E-state index in [9.17, 15) is 0 Å². The zero-order chi connectivity index (χ0) is 13.0. The molecule has 1 aliphatic carbocycles. The van der Waals surface area contributed by atoms with Crippen molar-refractivity contribution in [2.24, 2.45) is 5.92 Å². The Morgan fingerprint density at radius 3 is 2.67 bits per heavy atom. The average molecular weight is 247 g/mol. The van der Waals surface area contributed by atoms with Crippen molar-refractivity contribution in [3.8, 4) is 0 Å². The summed E-state index contributed by atoms with van der Waals surface area (Å²) in [6.07, 6.45) is 2.43. The highest BCUT2D eigenvalue weighted by Crippen LogP contribution is 2.53. The van der Waals surface area contributed by atoms with E-state index in [1.807, 2.05) is 0 Å². The van der Waals surface area contributed by atoms with E-state index < -0.39 is 0 Å². The lowest BCUT2D eigenvalue weighted by molar-refractivity contribution is 0.199. The number of ether oxygens (including phenoxy) is 1. The van der Waals surface area contributed by atoms with Crippen LogP contribution in [0.15, 0.2) is 24.3 Å². The van der Waals surface area contributed by atoms with Crippen LogP contribution in [0.1, 0.15) is 31.4 Å². The first-order valence-electron chi connectivity index (χ1n) is 6.99. The van der Waals surface area contributed by atoms with E-state index in [0.29, 0.717) is 5.41 Å². The number of benzene rings is 1. The van der Waals surface area contributed by atoms with Crippen LogP contribution in [0, 0.1) is 5.92 Å². The molecule has 1 fully saturated rings. The zero-order valence-electron chi connectivity index (χ0n) is 11.8. The second kappa shape index (κ2) is 5.85. The largest absolute Gasteiger partial charge is 0.383 e. The number of hydrogen-bond donors (Lipinski definition) is 1. The van der Waals surface area contributed by atoms with E-state index in [2.05, 4.69) is 43.4 Å². The molecule has 18 heavy (non-hydrogen) atoms. The first-order chi connectivity index (χ1) is 8.70. The highest BCUT2D eigenvalue weighted by Gasteiger charge is 2.50. The van der Waals surface area contributed by atoms with Gasteiger partial charge in [0, 0.05) is 13.7 Å². The van der Waals surface area contributed by atoms with Crippen molar-refractivity contribution in [2.75, 3.05) is 26.8 Å². The molecule has 1 N–H and O–H groups in total. The van der Waals surface area contributed by atoms with Crippen molar-refractivity contribution >= 4 is 0 Å². The van der Waals surface area contributed by atoms with E-state index in [-0.39, 0.29) is 0 Å². The van der Waals surface area contributed by atoms with Crippen LogP contribution < -0.4 is 5.32 Å². The molecule has 2 unspecified atom stereocenters. The van der Waals surface area contributed by atoms with Gasteiger partial charge in [-0.15, -0.1) is 0 Å². The molecule has 2 heteroatoms. The van der Waals surface area contributed by atoms with Gasteiger partial charge in [-0.1, -0.05) is 38.1 Å². The van der Waals surface area contributed by atoms with Gasteiger partial charge >= 0.3 is 0 Å². The fraction of sp³-hybridized carbons (Fsp3) is 0.625. The van der Waals surface area contributed by atoms with Gasteiger partial charge in [0.1, 0.15) is 0 Å². The molecule has 0 bridgehead atoms. The van der Waals surface area contributed by atoms with Crippen molar-refractivity contribution < 1.29 is 4.74 Å². The van der Waals surface area contributed by atoms with Gasteiger partial charge in [0.2, 0.25) is 0 Å². The third-order valence-corrected chi connectivity index (χ3v) is 4.31. The Hall–Kier alpha value is -0.860. The lowest BCUT2D eigenvalue weighted by Crippen LogP contribution is -2.23. The van der Waals surface area contributed by atoms with Crippen LogP contribution in [0.3, 0.4) is 0 Å². The smallest absolute Gasteiger partial charge is 0.0587 e. The van der Waals surface area contributed by atoms with E-state index in [4.69, 9.17) is 4.74 Å². The molecule has 0 spiro atoms. The highest BCUT2D eigenvalue weighted by molar-refractivity contribution is 5.35. The average Bonchev–Trinajstić information content (AvgIpc) is 3.07. The SMILES string of the molecule is CCc1ccc(C2(C)CC2CNCCOC)cc1. The van der Waals surface area contributed by atoms with Crippen LogP contribution in [-0.4, -0.2) is 26.8 Å². The Balaban J connectivity index is 1.85. The number of aryl methyl sites for hydroxylation is 1. The molecule has 2 nitrogen and oxygen atoms in total. The highest BCUT2D eigenvalue weighted by atomic mass is 16.5. The molecule has 1 aromatic carbocycles. The summed E-state index contributed by atoms with van der Waals surface area (Å²) in [5.41, 5.74) is 3.32.